The third-order valence-corrected chi connectivity index (χ3v) is 6.15. The first-order chi connectivity index (χ1) is 15.7. The van der Waals surface area contributed by atoms with Crippen molar-refractivity contribution < 1.29 is 4.74 Å². The second-order valence-electron chi connectivity index (χ2n) is 8.24. The Labute approximate surface area is 199 Å². The molecule has 0 amide bonds. The van der Waals surface area contributed by atoms with E-state index in [1.165, 1.54) is 25.9 Å². The van der Waals surface area contributed by atoms with Crippen LogP contribution >= 0.6 is 12.4 Å². The summed E-state index contributed by atoms with van der Waals surface area (Å²) >= 11 is 0. The van der Waals surface area contributed by atoms with Crippen LogP contribution in [0.3, 0.4) is 0 Å². The first-order valence-corrected chi connectivity index (χ1v) is 11.4. The lowest BCUT2D eigenvalue weighted by Gasteiger charge is -2.14. The molecule has 0 aliphatic carbocycles. The zero-order valence-electron chi connectivity index (χ0n) is 18.8. The zero-order chi connectivity index (χ0) is 21.9. The van der Waals surface area contributed by atoms with Crippen LogP contribution in [0.4, 0.5) is 0 Å². The predicted molar refractivity (Wildman–Crippen MR) is 135 cm³/mol. The highest BCUT2D eigenvalue weighted by Crippen LogP contribution is 2.23. The largest absolute Gasteiger partial charge is 0.494 e. The van der Waals surface area contributed by atoms with Gasteiger partial charge in [0.2, 0.25) is 0 Å². The van der Waals surface area contributed by atoms with Gasteiger partial charge in [0.05, 0.1) is 24.9 Å². The first-order valence-electron chi connectivity index (χ1n) is 11.4. The van der Waals surface area contributed by atoms with Crippen molar-refractivity contribution >= 4 is 23.3 Å². The number of ether oxygens (including phenoxy) is 1. The molecule has 6 nitrogen and oxygen atoms in total. The highest BCUT2D eigenvalue weighted by atomic mass is 35.5. The third-order valence-electron chi connectivity index (χ3n) is 6.15. The summed E-state index contributed by atoms with van der Waals surface area (Å²) in [5.41, 5.74) is 3.78. The van der Waals surface area contributed by atoms with Gasteiger partial charge >= 0.3 is 0 Å². The molecule has 0 N–H and O–H groups in total. The van der Waals surface area contributed by atoms with Gasteiger partial charge in [-0.3, -0.25) is 14.0 Å². The smallest absolute Gasteiger partial charge is 0.255 e. The summed E-state index contributed by atoms with van der Waals surface area (Å²) in [6.07, 6.45) is 6.33. The third kappa shape index (κ3) is 4.97. The van der Waals surface area contributed by atoms with Crippen molar-refractivity contribution in [2.45, 2.75) is 26.3 Å². The van der Waals surface area contributed by atoms with Gasteiger partial charge in [0.1, 0.15) is 5.75 Å². The second kappa shape index (κ2) is 10.2. The van der Waals surface area contributed by atoms with E-state index in [1.807, 2.05) is 61.8 Å². The first kappa shape index (κ1) is 23.1. The van der Waals surface area contributed by atoms with Crippen molar-refractivity contribution in [3.05, 3.63) is 77.3 Å². The van der Waals surface area contributed by atoms with Crippen LogP contribution in [0.15, 0.2) is 71.8 Å². The number of nitrogens with zero attached hydrogens (tertiary/aromatic N) is 4. The van der Waals surface area contributed by atoms with Crippen molar-refractivity contribution in [1.29, 1.82) is 0 Å². The standard InChI is InChI=1S/C26H28N4O2.ClH/c1-2-32-24-8-5-20(6-9-24)21-11-14-29(26(31)18-21)23-7-10-25-22(17-23)19-27-30(25)16-15-28-12-3-4-13-28;/h5-11,14,17-19H,2-4,12-13,15-16H2,1H3;1H. The number of hydrogen-bond acceptors (Lipinski definition) is 4. The Hall–Kier alpha value is -3.09. The molecule has 1 aliphatic heterocycles. The van der Waals surface area contributed by atoms with E-state index in [9.17, 15) is 4.79 Å². The van der Waals surface area contributed by atoms with Crippen LogP contribution in [-0.4, -0.2) is 45.5 Å². The van der Waals surface area contributed by atoms with Crippen LogP contribution in [-0.2, 0) is 6.54 Å². The Balaban J connectivity index is 0.00000259. The summed E-state index contributed by atoms with van der Waals surface area (Å²) in [6, 6.07) is 17.6. The monoisotopic (exact) mass is 464 g/mol. The maximum absolute atomic E-state index is 12.9. The fourth-order valence-electron chi connectivity index (χ4n) is 4.43. The number of rotatable bonds is 7. The molecule has 1 aliphatic rings. The fraction of sp³-hybridized carbons (Fsp3) is 0.308. The van der Waals surface area contributed by atoms with E-state index in [-0.39, 0.29) is 18.0 Å². The maximum Gasteiger partial charge on any atom is 0.255 e. The Bertz CT molecular complexity index is 1270. The number of likely N-dealkylation sites (tertiary alicyclic amines) is 1. The number of halogens is 1. The lowest BCUT2D eigenvalue weighted by molar-refractivity contribution is 0.318. The summed E-state index contributed by atoms with van der Waals surface area (Å²) in [7, 11) is 0. The number of hydrogen-bond donors (Lipinski definition) is 0. The minimum atomic E-state index is -0.0582. The second-order valence-corrected chi connectivity index (χ2v) is 8.24. The Kier molecular flexibility index (Phi) is 7.16. The number of pyridine rings is 1. The molecule has 172 valence electrons. The molecule has 0 saturated carbocycles. The van der Waals surface area contributed by atoms with Crippen molar-refractivity contribution in [3.63, 3.8) is 0 Å². The predicted octanol–water partition coefficient (Wildman–Crippen LogP) is 4.77. The SMILES string of the molecule is CCOc1ccc(-c2ccn(-c3ccc4c(cnn4CCN4CCCC4)c3)c(=O)c2)cc1.Cl. The molecule has 1 fully saturated rings. The average Bonchev–Trinajstić information content (AvgIpc) is 3.48. The molecule has 0 bridgehead atoms. The van der Waals surface area contributed by atoms with Gasteiger partial charge in [0.25, 0.3) is 5.56 Å². The Morgan fingerprint density at radius 2 is 1.73 bits per heavy atom. The van der Waals surface area contributed by atoms with E-state index in [4.69, 9.17) is 4.74 Å². The molecule has 0 unspecified atom stereocenters. The van der Waals surface area contributed by atoms with Gasteiger partial charge in [-0.05, 0) is 80.4 Å². The van der Waals surface area contributed by atoms with Gasteiger partial charge < -0.3 is 9.64 Å². The number of aromatic nitrogens is 3. The van der Waals surface area contributed by atoms with E-state index in [0.29, 0.717) is 6.61 Å². The lowest BCUT2D eigenvalue weighted by atomic mass is 10.1. The summed E-state index contributed by atoms with van der Waals surface area (Å²) in [5.74, 6) is 0.832. The molecule has 3 heterocycles. The molecule has 4 aromatic rings. The van der Waals surface area contributed by atoms with Crippen LogP contribution < -0.4 is 10.3 Å². The quantitative estimate of drug-likeness (QED) is 0.395. The topological polar surface area (TPSA) is 52.3 Å². The van der Waals surface area contributed by atoms with Gasteiger partial charge in [-0.1, -0.05) is 12.1 Å². The average molecular weight is 465 g/mol. The molecular formula is C26H29ClN4O2. The summed E-state index contributed by atoms with van der Waals surface area (Å²) in [5, 5.41) is 5.63. The van der Waals surface area contributed by atoms with Gasteiger partial charge in [0, 0.05) is 29.9 Å². The summed E-state index contributed by atoms with van der Waals surface area (Å²) in [4.78, 5) is 15.4. The minimum absolute atomic E-state index is 0. The number of benzene rings is 2. The van der Waals surface area contributed by atoms with Gasteiger partial charge in [-0.15, -0.1) is 12.4 Å². The molecular weight excluding hydrogens is 436 g/mol. The molecule has 5 rings (SSSR count). The van der Waals surface area contributed by atoms with Crippen LogP contribution in [0.2, 0.25) is 0 Å². The molecule has 2 aromatic heterocycles. The Morgan fingerprint density at radius 1 is 0.939 bits per heavy atom. The highest BCUT2D eigenvalue weighted by Gasteiger charge is 2.12. The van der Waals surface area contributed by atoms with Crippen molar-refractivity contribution in [2.75, 3.05) is 26.2 Å². The van der Waals surface area contributed by atoms with E-state index in [1.54, 1.807) is 10.6 Å². The van der Waals surface area contributed by atoms with Crippen molar-refractivity contribution in [2.24, 2.45) is 0 Å². The molecule has 33 heavy (non-hydrogen) atoms. The van der Waals surface area contributed by atoms with Gasteiger partial charge in [0.15, 0.2) is 0 Å². The molecule has 7 heteroatoms. The van der Waals surface area contributed by atoms with Crippen LogP contribution in [0.1, 0.15) is 19.8 Å². The summed E-state index contributed by atoms with van der Waals surface area (Å²) < 4.78 is 9.24. The molecule has 1 saturated heterocycles. The van der Waals surface area contributed by atoms with Crippen LogP contribution in [0, 0.1) is 0 Å². The molecule has 0 atom stereocenters. The van der Waals surface area contributed by atoms with E-state index in [0.717, 1.165) is 46.6 Å². The Morgan fingerprint density at radius 3 is 2.45 bits per heavy atom. The van der Waals surface area contributed by atoms with Crippen LogP contribution in [0.25, 0.3) is 27.7 Å². The minimum Gasteiger partial charge on any atom is -0.494 e. The fourth-order valence-corrected chi connectivity index (χ4v) is 4.43. The van der Waals surface area contributed by atoms with Crippen molar-refractivity contribution in [3.8, 4) is 22.6 Å². The van der Waals surface area contributed by atoms with Crippen molar-refractivity contribution in [1.82, 2.24) is 19.2 Å². The van der Waals surface area contributed by atoms with Gasteiger partial charge in [-0.2, -0.15) is 5.10 Å². The lowest BCUT2D eigenvalue weighted by Crippen LogP contribution is -2.24. The van der Waals surface area contributed by atoms with Gasteiger partial charge in [-0.25, -0.2) is 0 Å². The maximum atomic E-state index is 12.9. The number of fused-ring (bicyclic) bond motifs is 1. The zero-order valence-corrected chi connectivity index (χ0v) is 19.6. The molecule has 2 aromatic carbocycles. The normalized spacial score (nSPS) is 13.8. The van der Waals surface area contributed by atoms with E-state index in [2.05, 4.69) is 20.7 Å². The van der Waals surface area contributed by atoms with Crippen LogP contribution in [0.5, 0.6) is 5.75 Å². The van der Waals surface area contributed by atoms with E-state index < -0.39 is 0 Å². The molecule has 0 radical (unpaired) electrons. The van der Waals surface area contributed by atoms with E-state index >= 15 is 0 Å². The molecule has 0 spiro atoms. The summed E-state index contributed by atoms with van der Waals surface area (Å²) in [6.45, 7) is 6.91. The highest BCUT2D eigenvalue weighted by molar-refractivity contribution is 5.85.